The first kappa shape index (κ1) is 24.2. The molecule has 32 heavy (non-hydrogen) atoms. The van der Waals surface area contributed by atoms with E-state index in [4.69, 9.17) is 9.47 Å². The molecule has 0 aliphatic carbocycles. The number of phenolic OH excluding ortho intramolecular Hbond substituents is 1. The van der Waals surface area contributed by atoms with Crippen molar-refractivity contribution in [2.24, 2.45) is 0 Å². The van der Waals surface area contributed by atoms with Crippen LogP contribution in [0, 0.1) is 0 Å². The number of rotatable bonds is 10. The van der Waals surface area contributed by atoms with Crippen LogP contribution in [0.4, 0.5) is 4.79 Å². The molecule has 0 spiro atoms. The Morgan fingerprint density at radius 1 is 0.875 bits per heavy atom. The van der Waals surface area contributed by atoms with Crippen LogP contribution in [-0.2, 0) is 36.9 Å². The average molecular weight is 443 g/mol. The third-order valence-corrected chi connectivity index (χ3v) is 4.25. The van der Waals surface area contributed by atoms with Crippen molar-refractivity contribution < 1.29 is 33.8 Å². The van der Waals surface area contributed by atoms with Crippen molar-refractivity contribution in [3.63, 3.8) is 0 Å². The summed E-state index contributed by atoms with van der Waals surface area (Å²) in [6, 6.07) is 14.2. The second-order valence-electron chi connectivity index (χ2n) is 6.71. The van der Waals surface area contributed by atoms with Crippen LogP contribution in [0.1, 0.15) is 11.1 Å². The van der Waals surface area contributed by atoms with E-state index >= 15 is 0 Å². The van der Waals surface area contributed by atoms with Gasteiger partial charge in [-0.25, -0.2) is 9.59 Å². The molecule has 0 aliphatic rings. The first-order valence-electron chi connectivity index (χ1n) is 9.73. The zero-order valence-corrected chi connectivity index (χ0v) is 17.5. The zero-order chi connectivity index (χ0) is 23.3. The maximum absolute atomic E-state index is 12.1. The molecular weight excluding hydrogens is 418 g/mol. The van der Waals surface area contributed by atoms with Crippen LogP contribution >= 0.6 is 0 Å². The third kappa shape index (κ3) is 8.74. The van der Waals surface area contributed by atoms with Crippen LogP contribution in [0.25, 0.3) is 0 Å². The van der Waals surface area contributed by atoms with Crippen molar-refractivity contribution in [1.29, 1.82) is 0 Å². The zero-order valence-electron chi connectivity index (χ0n) is 17.5. The lowest BCUT2D eigenvalue weighted by atomic mass is 10.1. The van der Waals surface area contributed by atoms with Gasteiger partial charge in [-0.05, 0) is 23.3 Å². The summed E-state index contributed by atoms with van der Waals surface area (Å²) in [6.07, 6.45) is -0.630. The average Bonchev–Trinajstić information content (AvgIpc) is 2.81. The van der Waals surface area contributed by atoms with Crippen LogP contribution < -0.4 is 16.0 Å². The summed E-state index contributed by atoms with van der Waals surface area (Å²) < 4.78 is 9.69. The van der Waals surface area contributed by atoms with Crippen molar-refractivity contribution in [2.75, 3.05) is 20.2 Å². The summed E-state index contributed by atoms with van der Waals surface area (Å²) in [4.78, 5) is 47.6. The lowest BCUT2D eigenvalue weighted by Gasteiger charge is -2.17. The SMILES string of the molecule is COC(=O)C(Cc1ccc(O)cc1)NC(=O)CNC(=O)CNC(=O)OCc1ccccc1. The topological polar surface area (TPSA) is 143 Å². The van der Waals surface area contributed by atoms with Gasteiger partial charge in [0.15, 0.2) is 0 Å². The van der Waals surface area contributed by atoms with Gasteiger partial charge in [0.25, 0.3) is 0 Å². The van der Waals surface area contributed by atoms with E-state index in [0.29, 0.717) is 5.56 Å². The number of carbonyl (C=O) groups excluding carboxylic acids is 4. The normalized spacial score (nSPS) is 11.0. The van der Waals surface area contributed by atoms with E-state index in [9.17, 15) is 24.3 Å². The maximum Gasteiger partial charge on any atom is 0.407 e. The minimum atomic E-state index is -0.972. The maximum atomic E-state index is 12.1. The molecule has 2 aromatic carbocycles. The molecule has 0 saturated heterocycles. The van der Waals surface area contributed by atoms with Crippen LogP contribution in [0.15, 0.2) is 54.6 Å². The Hall–Kier alpha value is -4.08. The summed E-state index contributed by atoms with van der Waals surface area (Å²) in [7, 11) is 1.20. The first-order chi connectivity index (χ1) is 15.4. The highest BCUT2D eigenvalue weighted by atomic mass is 16.5. The number of phenols is 1. The van der Waals surface area contributed by atoms with Gasteiger partial charge < -0.3 is 30.5 Å². The Labute approximate surface area is 184 Å². The van der Waals surface area contributed by atoms with E-state index in [1.807, 2.05) is 18.2 Å². The molecule has 10 heteroatoms. The number of carbonyl (C=O) groups is 4. The minimum absolute atomic E-state index is 0.0621. The Morgan fingerprint density at radius 3 is 2.19 bits per heavy atom. The van der Waals surface area contributed by atoms with Gasteiger partial charge in [0.1, 0.15) is 24.9 Å². The Morgan fingerprint density at radius 2 is 1.53 bits per heavy atom. The van der Waals surface area contributed by atoms with E-state index in [0.717, 1.165) is 5.56 Å². The highest BCUT2D eigenvalue weighted by Crippen LogP contribution is 2.11. The van der Waals surface area contributed by atoms with Crippen molar-refractivity contribution in [3.05, 3.63) is 65.7 Å². The molecule has 3 amide bonds. The quantitative estimate of drug-likeness (QED) is 0.395. The molecule has 4 N–H and O–H groups in total. The van der Waals surface area contributed by atoms with Crippen molar-refractivity contribution in [2.45, 2.75) is 19.1 Å². The van der Waals surface area contributed by atoms with Gasteiger partial charge in [-0.3, -0.25) is 9.59 Å². The van der Waals surface area contributed by atoms with Gasteiger partial charge in [0.05, 0.1) is 13.7 Å². The molecule has 2 rings (SSSR count). The number of alkyl carbamates (subject to hydrolysis) is 1. The number of ether oxygens (including phenoxy) is 2. The molecule has 2 aromatic rings. The minimum Gasteiger partial charge on any atom is -0.508 e. The Bertz CT molecular complexity index is 917. The largest absolute Gasteiger partial charge is 0.508 e. The van der Waals surface area contributed by atoms with E-state index in [-0.39, 0.29) is 25.3 Å². The molecule has 10 nitrogen and oxygen atoms in total. The number of esters is 1. The lowest BCUT2D eigenvalue weighted by Crippen LogP contribution is -2.48. The van der Waals surface area contributed by atoms with Crippen LogP contribution in [0.3, 0.4) is 0 Å². The van der Waals surface area contributed by atoms with Crippen LogP contribution in [0.2, 0.25) is 0 Å². The smallest absolute Gasteiger partial charge is 0.407 e. The number of hydrogen-bond donors (Lipinski definition) is 4. The van der Waals surface area contributed by atoms with Gasteiger partial charge in [0.2, 0.25) is 11.8 Å². The number of benzene rings is 2. The van der Waals surface area contributed by atoms with Crippen molar-refractivity contribution in [3.8, 4) is 5.75 Å². The standard InChI is InChI=1S/C22H25N3O7/c1-31-21(29)18(11-15-7-9-17(26)10-8-15)25-20(28)13-23-19(27)12-24-22(30)32-14-16-5-3-2-4-6-16/h2-10,18,26H,11-14H2,1H3,(H,23,27)(H,24,30)(H,25,28). The number of hydrogen-bond acceptors (Lipinski definition) is 7. The van der Waals surface area contributed by atoms with Crippen LogP contribution in [-0.4, -0.2) is 55.2 Å². The van der Waals surface area contributed by atoms with Crippen molar-refractivity contribution >= 4 is 23.9 Å². The fourth-order valence-corrected chi connectivity index (χ4v) is 2.62. The second kappa shape index (κ2) is 12.6. The summed E-state index contributed by atoms with van der Waals surface area (Å²) in [5, 5.41) is 16.4. The Balaban J connectivity index is 1.72. The second-order valence-corrected chi connectivity index (χ2v) is 6.71. The van der Waals surface area contributed by atoms with E-state index in [1.165, 1.54) is 19.2 Å². The van der Waals surface area contributed by atoms with Crippen LogP contribution in [0.5, 0.6) is 5.75 Å². The molecule has 0 radical (unpaired) electrons. The molecule has 0 aliphatic heterocycles. The molecule has 170 valence electrons. The molecule has 1 unspecified atom stereocenters. The fourth-order valence-electron chi connectivity index (χ4n) is 2.62. The fraction of sp³-hybridized carbons (Fsp3) is 0.273. The summed E-state index contributed by atoms with van der Waals surface area (Å²) in [5.41, 5.74) is 1.50. The Kier molecular flexibility index (Phi) is 9.51. The van der Waals surface area contributed by atoms with Gasteiger partial charge in [-0.2, -0.15) is 0 Å². The number of methoxy groups -OCH3 is 1. The predicted molar refractivity (Wildman–Crippen MR) is 113 cm³/mol. The third-order valence-electron chi connectivity index (χ3n) is 4.25. The molecule has 0 saturated carbocycles. The first-order valence-corrected chi connectivity index (χ1v) is 9.73. The van der Waals surface area contributed by atoms with Crippen molar-refractivity contribution in [1.82, 2.24) is 16.0 Å². The molecule has 1 atom stereocenters. The summed E-state index contributed by atoms with van der Waals surface area (Å²) in [5.74, 6) is -1.79. The molecular formula is C22H25N3O7. The molecule has 0 bridgehead atoms. The monoisotopic (exact) mass is 443 g/mol. The highest BCUT2D eigenvalue weighted by molar-refractivity contribution is 5.89. The van der Waals surface area contributed by atoms with Gasteiger partial charge in [-0.1, -0.05) is 42.5 Å². The highest BCUT2D eigenvalue weighted by Gasteiger charge is 2.22. The van der Waals surface area contributed by atoms with Gasteiger partial charge >= 0.3 is 12.1 Å². The van der Waals surface area contributed by atoms with E-state index in [1.54, 1.807) is 24.3 Å². The van der Waals surface area contributed by atoms with Gasteiger partial charge in [0, 0.05) is 6.42 Å². The van der Waals surface area contributed by atoms with E-state index in [2.05, 4.69) is 16.0 Å². The van der Waals surface area contributed by atoms with E-state index < -0.39 is 36.5 Å². The summed E-state index contributed by atoms with van der Waals surface area (Å²) >= 11 is 0. The summed E-state index contributed by atoms with van der Waals surface area (Å²) in [6.45, 7) is -0.718. The van der Waals surface area contributed by atoms with Gasteiger partial charge in [-0.15, -0.1) is 0 Å². The number of nitrogens with one attached hydrogen (secondary N) is 3. The molecule has 0 aromatic heterocycles. The predicted octanol–water partition coefficient (Wildman–Crippen LogP) is 0.635. The number of aromatic hydroxyl groups is 1. The molecule has 0 heterocycles. The molecule has 0 fully saturated rings. The lowest BCUT2D eigenvalue weighted by molar-refractivity contribution is -0.145. The number of amides is 3.